The zero-order valence-electron chi connectivity index (χ0n) is 6.01. The van der Waals surface area contributed by atoms with Gasteiger partial charge in [0.1, 0.15) is 0 Å². The summed E-state index contributed by atoms with van der Waals surface area (Å²) in [5.74, 6) is 0.0554. The molecule has 0 aliphatic carbocycles. The second-order valence-electron chi connectivity index (χ2n) is 1.87. The fraction of sp³-hybridized carbons (Fsp3) is 0.286. The summed E-state index contributed by atoms with van der Waals surface area (Å²) in [6.07, 6.45) is 3.40. The Balaban J connectivity index is 3.83. The second kappa shape index (κ2) is 4.61. The van der Waals surface area contributed by atoms with E-state index in [1.807, 2.05) is 0 Å². The quantitative estimate of drug-likeness (QED) is 0.339. The molecular weight excluding hydrogens is 126 g/mol. The van der Waals surface area contributed by atoms with Crippen LogP contribution in [0.15, 0.2) is 25.3 Å². The third-order valence-corrected chi connectivity index (χ3v) is 1.04. The maximum absolute atomic E-state index is 7.07. The van der Waals surface area contributed by atoms with E-state index in [0.29, 0.717) is 13.1 Å². The van der Waals surface area contributed by atoms with E-state index in [-0.39, 0.29) is 5.96 Å². The van der Waals surface area contributed by atoms with E-state index in [4.69, 9.17) is 11.1 Å². The van der Waals surface area contributed by atoms with Gasteiger partial charge in [0.25, 0.3) is 0 Å². The molecule has 0 bridgehead atoms. The fourth-order valence-electron chi connectivity index (χ4n) is 0.583. The summed E-state index contributed by atoms with van der Waals surface area (Å²) in [6, 6.07) is 0. The Hall–Kier alpha value is -1.25. The molecule has 0 amide bonds. The average molecular weight is 139 g/mol. The van der Waals surface area contributed by atoms with Crippen LogP contribution < -0.4 is 5.73 Å². The van der Waals surface area contributed by atoms with E-state index in [9.17, 15) is 0 Å². The molecule has 0 unspecified atom stereocenters. The van der Waals surface area contributed by atoms with Gasteiger partial charge in [-0.05, 0) is 0 Å². The Morgan fingerprint density at radius 1 is 1.40 bits per heavy atom. The standard InChI is InChI=1S/C7H13N3/c1-3-5-10(6-4-2)7(8)9/h3-4H,1-2,5-6H2,(H3,8,9). The van der Waals surface area contributed by atoms with Gasteiger partial charge < -0.3 is 10.6 Å². The molecule has 3 N–H and O–H groups in total. The Kier molecular flexibility index (Phi) is 4.04. The van der Waals surface area contributed by atoms with Gasteiger partial charge in [-0.25, -0.2) is 0 Å². The van der Waals surface area contributed by atoms with Gasteiger partial charge in [0.15, 0.2) is 5.96 Å². The minimum atomic E-state index is 0.0554. The molecule has 0 spiro atoms. The topological polar surface area (TPSA) is 53.1 Å². The van der Waals surface area contributed by atoms with Gasteiger partial charge in [-0.2, -0.15) is 0 Å². The monoisotopic (exact) mass is 139 g/mol. The van der Waals surface area contributed by atoms with Crippen molar-refractivity contribution in [3.05, 3.63) is 25.3 Å². The van der Waals surface area contributed by atoms with Crippen molar-refractivity contribution >= 4 is 5.96 Å². The number of rotatable bonds is 4. The zero-order chi connectivity index (χ0) is 7.98. The van der Waals surface area contributed by atoms with Crippen LogP contribution >= 0.6 is 0 Å². The van der Waals surface area contributed by atoms with Crippen molar-refractivity contribution in [1.82, 2.24) is 4.90 Å². The number of nitrogens with two attached hydrogens (primary N) is 1. The zero-order valence-corrected chi connectivity index (χ0v) is 6.01. The highest BCUT2D eigenvalue weighted by atomic mass is 15.2. The van der Waals surface area contributed by atoms with Crippen LogP contribution in [-0.2, 0) is 0 Å². The number of hydrogen-bond acceptors (Lipinski definition) is 1. The van der Waals surface area contributed by atoms with Crippen molar-refractivity contribution in [2.24, 2.45) is 5.73 Å². The van der Waals surface area contributed by atoms with E-state index in [0.717, 1.165) is 0 Å². The predicted molar refractivity (Wildman–Crippen MR) is 43.9 cm³/mol. The van der Waals surface area contributed by atoms with Crippen molar-refractivity contribution in [2.75, 3.05) is 13.1 Å². The summed E-state index contributed by atoms with van der Waals surface area (Å²) in [4.78, 5) is 1.65. The summed E-state index contributed by atoms with van der Waals surface area (Å²) >= 11 is 0. The first-order chi connectivity index (χ1) is 4.72. The first-order valence-corrected chi connectivity index (χ1v) is 3.03. The largest absolute Gasteiger partial charge is 0.370 e. The van der Waals surface area contributed by atoms with Crippen molar-refractivity contribution in [1.29, 1.82) is 5.41 Å². The molecule has 0 saturated heterocycles. The van der Waals surface area contributed by atoms with Gasteiger partial charge in [0.05, 0.1) is 0 Å². The van der Waals surface area contributed by atoms with Gasteiger partial charge in [-0.3, -0.25) is 5.41 Å². The Morgan fingerprint density at radius 3 is 2.00 bits per heavy atom. The van der Waals surface area contributed by atoms with Gasteiger partial charge in [-0.1, -0.05) is 12.2 Å². The molecular formula is C7H13N3. The third kappa shape index (κ3) is 2.91. The lowest BCUT2D eigenvalue weighted by atomic mass is 10.5. The third-order valence-electron chi connectivity index (χ3n) is 1.04. The molecule has 0 rings (SSSR count). The molecule has 0 fully saturated rings. The molecule has 0 heterocycles. The Labute approximate surface area is 61.3 Å². The number of nitrogens with one attached hydrogen (secondary N) is 1. The minimum Gasteiger partial charge on any atom is -0.370 e. The second-order valence-corrected chi connectivity index (χ2v) is 1.87. The van der Waals surface area contributed by atoms with Crippen LogP contribution in [0.2, 0.25) is 0 Å². The fourth-order valence-corrected chi connectivity index (χ4v) is 0.583. The first-order valence-electron chi connectivity index (χ1n) is 3.03. The lowest BCUT2D eigenvalue weighted by molar-refractivity contribution is 0.504. The molecule has 0 radical (unpaired) electrons. The van der Waals surface area contributed by atoms with E-state index in [1.165, 1.54) is 0 Å². The van der Waals surface area contributed by atoms with E-state index in [2.05, 4.69) is 13.2 Å². The number of guanidine groups is 1. The van der Waals surface area contributed by atoms with Crippen LogP contribution in [0.25, 0.3) is 0 Å². The van der Waals surface area contributed by atoms with E-state index < -0.39 is 0 Å². The van der Waals surface area contributed by atoms with E-state index >= 15 is 0 Å². The van der Waals surface area contributed by atoms with Gasteiger partial charge in [0.2, 0.25) is 0 Å². The van der Waals surface area contributed by atoms with Crippen LogP contribution in [0.5, 0.6) is 0 Å². The average Bonchev–Trinajstić information content (AvgIpc) is 1.87. The maximum Gasteiger partial charge on any atom is 0.188 e. The lowest BCUT2D eigenvalue weighted by Crippen LogP contribution is -2.36. The van der Waals surface area contributed by atoms with Crippen LogP contribution in [0.3, 0.4) is 0 Å². The molecule has 0 aliphatic heterocycles. The SMILES string of the molecule is C=CCN(CC=C)C(=N)N. The highest BCUT2D eigenvalue weighted by Gasteiger charge is 1.98. The molecule has 0 atom stereocenters. The smallest absolute Gasteiger partial charge is 0.188 e. The normalized spacial score (nSPS) is 8.40. The maximum atomic E-state index is 7.07. The molecule has 10 heavy (non-hydrogen) atoms. The van der Waals surface area contributed by atoms with Crippen LogP contribution in [0.1, 0.15) is 0 Å². The molecule has 0 aliphatic rings. The highest BCUT2D eigenvalue weighted by Crippen LogP contribution is 1.85. The molecule has 0 aromatic carbocycles. The van der Waals surface area contributed by atoms with Gasteiger partial charge in [-0.15, -0.1) is 13.2 Å². The van der Waals surface area contributed by atoms with Crippen molar-refractivity contribution in [3.63, 3.8) is 0 Å². The molecule has 0 aromatic rings. The molecule has 0 saturated carbocycles. The summed E-state index contributed by atoms with van der Waals surface area (Å²) in [7, 11) is 0. The Morgan fingerprint density at radius 2 is 1.80 bits per heavy atom. The molecule has 0 aromatic heterocycles. The predicted octanol–water partition coefficient (Wildman–Crippen LogP) is 0.554. The Bertz CT molecular complexity index is 130. The van der Waals surface area contributed by atoms with E-state index in [1.54, 1.807) is 17.1 Å². The van der Waals surface area contributed by atoms with Crippen molar-refractivity contribution < 1.29 is 0 Å². The van der Waals surface area contributed by atoms with Gasteiger partial charge >= 0.3 is 0 Å². The van der Waals surface area contributed by atoms with Crippen molar-refractivity contribution in [3.8, 4) is 0 Å². The molecule has 3 nitrogen and oxygen atoms in total. The lowest BCUT2D eigenvalue weighted by Gasteiger charge is -2.17. The van der Waals surface area contributed by atoms with Crippen LogP contribution in [0.4, 0.5) is 0 Å². The van der Waals surface area contributed by atoms with Crippen LogP contribution in [-0.4, -0.2) is 23.9 Å². The molecule has 56 valence electrons. The number of nitrogens with zero attached hydrogens (tertiary/aromatic N) is 1. The van der Waals surface area contributed by atoms with Crippen LogP contribution in [0, 0.1) is 5.41 Å². The highest BCUT2D eigenvalue weighted by molar-refractivity contribution is 5.74. The minimum absolute atomic E-state index is 0.0554. The van der Waals surface area contributed by atoms with Crippen molar-refractivity contribution in [2.45, 2.75) is 0 Å². The first kappa shape index (κ1) is 8.75. The summed E-state index contributed by atoms with van der Waals surface area (Å²) in [6.45, 7) is 8.27. The molecule has 3 heteroatoms. The van der Waals surface area contributed by atoms with Gasteiger partial charge in [0, 0.05) is 13.1 Å². The summed E-state index contributed by atoms with van der Waals surface area (Å²) in [5.41, 5.74) is 5.22. The number of hydrogen-bond donors (Lipinski definition) is 2. The summed E-state index contributed by atoms with van der Waals surface area (Å²) < 4.78 is 0. The summed E-state index contributed by atoms with van der Waals surface area (Å²) in [5, 5.41) is 7.07.